The Morgan fingerprint density at radius 1 is 1.00 bits per heavy atom. The Morgan fingerprint density at radius 2 is 1.82 bits per heavy atom. The summed E-state index contributed by atoms with van der Waals surface area (Å²) in [5.74, 6) is 0. The van der Waals surface area contributed by atoms with E-state index in [1.165, 1.54) is 16.7 Å². The SMILES string of the molecule is OCc1nccs1.c1ccc2ncccc2c1. The van der Waals surface area contributed by atoms with Gasteiger partial charge in [0, 0.05) is 23.2 Å². The molecule has 1 aromatic carbocycles. The van der Waals surface area contributed by atoms with E-state index in [-0.39, 0.29) is 6.61 Å². The molecule has 0 amide bonds. The lowest BCUT2D eigenvalue weighted by molar-refractivity contribution is 0.281. The van der Waals surface area contributed by atoms with Gasteiger partial charge in [-0.15, -0.1) is 11.3 Å². The van der Waals surface area contributed by atoms with E-state index in [1.54, 1.807) is 6.20 Å². The van der Waals surface area contributed by atoms with Gasteiger partial charge in [-0.3, -0.25) is 4.98 Å². The van der Waals surface area contributed by atoms with E-state index in [4.69, 9.17) is 5.11 Å². The molecule has 17 heavy (non-hydrogen) atoms. The van der Waals surface area contributed by atoms with E-state index >= 15 is 0 Å². The molecule has 0 unspecified atom stereocenters. The molecule has 86 valence electrons. The second-order valence-electron chi connectivity index (χ2n) is 3.28. The first-order valence-corrected chi connectivity index (χ1v) is 6.07. The highest BCUT2D eigenvalue weighted by Gasteiger charge is 1.87. The summed E-state index contributed by atoms with van der Waals surface area (Å²) in [5.41, 5.74) is 1.06. The van der Waals surface area contributed by atoms with Crippen molar-refractivity contribution < 1.29 is 5.11 Å². The highest BCUT2D eigenvalue weighted by Crippen LogP contribution is 2.07. The van der Waals surface area contributed by atoms with E-state index in [0.717, 1.165) is 10.5 Å². The van der Waals surface area contributed by atoms with Gasteiger partial charge in [0.2, 0.25) is 0 Å². The maximum Gasteiger partial charge on any atom is 0.118 e. The number of aliphatic hydroxyl groups excluding tert-OH is 1. The predicted octanol–water partition coefficient (Wildman–Crippen LogP) is 2.87. The molecule has 0 atom stereocenters. The largest absolute Gasteiger partial charge is 0.389 e. The van der Waals surface area contributed by atoms with E-state index in [0.29, 0.717) is 0 Å². The van der Waals surface area contributed by atoms with Crippen molar-refractivity contribution in [1.82, 2.24) is 9.97 Å². The third-order valence-electron chi connectivity index (χ3n) is 2.13. The van der Waals surface area contributed by atoms with Crippen LogP contribution in [0.25, 0.3) is 10.9 Å². The fraction of sp³-hybridized carbons (Fsp3) is 0.0769. The van der Waals surface area contributed by atoms with Crippen LogP contribution in [0.1, 0.15) is 5.01 Å². The number of rotatable bonds is 1. The lowest BCUT2D eigenvalue weighted by Gasteiger charge is -1.91. The lowest BCUT2D eigenvalue weighted by Crippen LogP contribution is -1.75. The average Bonchev–Trinajstić information content (AvgIpc) is 2.93. The fourth-order valence-electron chi connectivity index (χ4n) is 1.35. The Balaban J connectivity index is 0.000000136. The van der Waals surface area contributed by atoms with Crippen LogP contribution in [-0.2, 0) is 6.61 Å². The Labute approximate surface area is 103 Å². The summed E-state index contributed by atoms with van der Waals surface area (Å²) >= 11 is 1.46. The van der Waals surface area contributed by atoms with Crippen LogP contribution >= 0.6 is 11.3 Å². The van der Waals surface area contributed by atoms with Gasteiger partial charge in [0.05, 0.1) is 12.1 Å². The van der Waals surface area contributed by atoms with Crippen molar-refractivity contribution in [3.63, 3.8) is 0 Å². The summed E-state index contributed by atoms with van der Waals surface area (Å²) in [5, 5.41) is 12.2. The molecule has 0 aliphatic rings. The van der Waals surface area contributed by atoms with Gasteiger partial charge in [0.25, 0.3) is 0 Å². The zero-order valence-corrected chi connectivity index (χ0v) is 9.97. The number of para-hydroxylation sites is 1. The Kier molecular flexibility index (Phi) is 4.18. The van der Waals surface area contributed by atoms with Gasteiger partial charge in [0.1, 0.15) is 5.01 Å². The van der Waals surface area contributed by atoms with E-state index in [1.807, 2.05) is 35.8 Å². The van der Waals surface area contributed by atoms with Gasteiger partial charge in [-0.25, -0.2) is 4.98 Å². The molecular formula is C13H12N2OS. The Bertz CT molecular complexity index is 501. The van der Waals surface area contributed by atoms with E-state index < -0.39 is 0 Å². The minimum atomic E-state index is 0.0671. The second kappa shape index (κ2) is 6.08. The van der Waals surface area contributed by atoms with Crippen molar-refractivity contribution in [2.75, 3.05) is 0 Å². The van der Waals surface area contributed by atoms with Gasteiger partial charge in [0.15, 0.2) is 0 Å². The van der Waals surface area contributed by atoms with Crippen LogP contribution in [-0.4, -0.2) is 15.1 Å². The maximum atomic E-state index is 8.37. The number of benzene rings is 1. The minimum Gasteiger partial charge on any atom is -0.389 e. The van der Waals surface area contributed by atoms with Gasteiger partial charge in [-0.05, 0) is 12.1 Å². The van der Waals surface area contributed by atoms with Crippen LogP contribution in [0, 0.1) is 0 Å². The molecule has 2 heterocycles. The van der Waals surface area contributed by atoms with Gasteiger partial charge in [-0.1, -0.05) is 24.3 Å². The van der Waals surface area contributed by atoms with Crippen LogP contribution < -0.4 is 0 Å². The number of thiazole rings is 1. The van der Waals surface area contributed by atoms with Gasteiger partial charge < -0.3 is 5.11 Å². The molecule has 0 aliphatic carbocycles. The zero-order chi connectivity index (χ0) is 11.9. The van der Waals surface area contributed by atoms with Crippen LogP contribution in [0.3, 0.4) is 0 Å². The fourth-order valence-corrected chi connectivity index (χ4v) is 1.82. The molecule has 2 aromatic heterocycles. The molecule has 0 saturated heterocycles. The van der Waals surface area contributed by atoms with Crippen LogP contribution in [0.2, 0.25) is 0 Å². The van der Waals surface area contributed by atoms with Crippen molar-refractivity contribution in [1.29, 1.82) is 0 Å². The van der Waals surface area contributed by atoms with Crippen molar-refractivity contribution in [2.24, 2.45) is 0 Å². The number of hydrogen-bond acceptors (Lipinski definition) is 4. The summed E-state index contributed by atoms with van der Waals surface area (Å²) in [6, 6.07) is 12.1. The quantitative estimate of drug-likeness (QED) is 0.716. The number of nitrogens with zero attached hydrogens (tertiary/aromatic N) is 2. The minimum absolute atomic E-state index is 0.0671. The topological polar surface area (TPSA) is 46.0 Å². The Hall–Kier alpha value is -1.78. The number of aromatic nitrogens is 2. The van der Waals surface area contributed by atoms with Gasteiger partial charge >= 0.3 is 0 Å². The molecule has 1 N–H and O–H groups in total. The molecule has 3 rings (SSSR count). The third kappa shape index (κ3) is 3.34. The molecule has 4 heteroatoms. The van der Waals surface area contributed by atoms with Crippen LogP contribution in [0.4, 0.5) is 0 Å². The predicted molar refractivity (Wildman–Crippen MR) is 69.8 cm³/mol. The molecule has 0 fully saturated rings. The van der Waals surface area contributed by atoms with E-state index in [9.17, 15) is 0 Å². The van der Waals surface area contributed by atoms with Crippen molar-refractivity contribution in [2.45, 2.75) is 6.61 Å². The standard InChI is InChI=1S/C9H7N.C4H5NOS/c1-2-6-9-8(4-1)5-3-7-10-9;6-3-4-5-1-2-7-4/h1-7H;1-2,6H,3H2. The number of aliphatic hydroxyl groups is 1. The molecule has 3 nitrogen and oxygen atoms in total. The number of fused-ring (bicyclic) bond motifs is 1. The normalized spacial score (nSPS) is 9.71. The summed E-state index contributed by atoms with van der Waals surface area (Å²) in [7, 11) is 0. The molecule has 0 spiro atoms. The van der Waals surface area contributed by atoms with Crippen LogP contribution in [0.15, 0.2) is 54.2 Å². The van der Waals surface area contributed by atoms with Gasteiger partial charge in [-0.2, -0.15) is 0 Å². The van der Waals surface area contributed by atoms with Crippen LogP contribution in [0.5, 0.6) is 0 Å². The third-order valence-corrected chi connectivity index (χ3v) is 2.90. The molecule has 0 saturated carbocycles. The molecule has 0 bridgehead atoms. The summed E-state index contributed by atoms with van der Waals surface area (Å²) < 4.78 is 0. The van der Waals surface area contributed by atoms with Crippen molar-refractivity contribution >= 4 is 22.2 Å². The first kappa shape index (κ1) is 11.7. The van der Waals surface area contributed by atoms with Crippen molar-refractivity contribution in [3.05, 3.63) is 59.2 Å². The summed E-state index contributed by atoms with van der Waals surface area (Å²) in [4.78, 5) is 7.98. The average molecular weight is 244 g/mol. The van der Waals surface area contributed by atoms with E-state index in [2.05, 4.69) is 22.1 Å². The monoisotopic (exact) mass is 244 g/mol. The lowest BCUT2D eigenvalue weighted by atomic mass is 10.2. The molecule has 0 aliphatic heterocycles. The number of pyridine rings is 1. The Morgan fingerprint density at radius 3 is 2.47 bits per heavy atom. The highest BCUT2D eigenvalue weighted by molar-refractivity contribution is 7.09. The first-order chi connectivity index (χ1) is 8.40. The molecule has 3 aromatic rings. The second-order valence-corrected chi connectivity index (χ2v) is 4.26. The smallest absolute Gasteiger partial charge is 0.118 e. The zero-order valence-electron chi connectivity index (χ0n) is 9.15. The van der Waals surface area contributed by atoms with Crippen molar-refractivity contribution in [3.8, 4) is 0 Å². The first-order valence-electron chi connectivity index (χ1n) is 5.19. The number of hydrogen-bond donors (Lipinski definition) is 1. The molecule has 0 radical (unpaired) electrons. The summed E-state index contributed by atoms with van der Waals surface area (Å²) in [6.07, 6.45) is 3.48. The molecular weight excluding hydrogens is 232 g/mol. The highest BCUT2D eigenvalue weighted by atomic mass is 32.1. The summed E-state index contributed by atoms with van der Waals surface area (Å²) in [6.45, 7) is 0.0671. The maximum absolute atomic E-state index is 8.37.